The van der Waals surface area contributed by atoms with E-state index >= 15 is 0 Å². The number of carbonyl (C=O) groups is 1. The number of para-hydroxylation sites is 1. The lowest BCUT2D eigenvalue weighted by Gasteiger charge is -2.12. The summed E-state index contributed by atoms with van der Waals surface area (Å²) in [5.41, 5.74) is 4.68. The van der Waals surface area contributed by atoms with Gasteiger partial charge in [-0.15, -0.1) is 11.3 Å². The van der Waals surface area contributed by atoms with Crippen molar-refractivity contribution in [2.75, 3.05) is 5.32 Å². The Morgan fingerprint density at radius 3 is 2.95 bits per heavy atom. The van der Waals surface area contributed by atoms with E-state index in [1.165, 1.54) is 22.4 Å². The molecule has 0 bridgehead atoms. The summed E-state index contributed by atoms with van der Waals surface area (Å²) in [5, 5.41) is 3.11. The van der Waals surface area contributed by atoms with Crippen molar-refractivity contribution in [3.8, 4) is 0 Å². The third kappa shape index (κ3) is 2.38. The molecule has 1 aromatic heterocycles. The molecular formula is C17H19NOS. The van der Waals surface area contributed by atoms with Crippen LogP contribution in [0, 0.1) is 6.92 Å². The first-order valence-electron chi connectivity index (χ1n) is 7.20. The van der Waals surface area contributed by atoms with Crippen LogP contribution >= 0.6 is 11.3 Å². The fourth-order valence-electron chi connectivity index (χ4n) is 2.82. The molecule has 3 rings (SSSR count). The smallest absolute Gasteiger partial charge is 0.265 e. The van der Waals surface area contributed by atoms with Crippen molar-refractivity contribution >= 4 is 22.9 Å². The second kappa shape index (κ2) is 5.41. The standard InChI is InChI=1S/C17H19NOS/c1-3-12-7-4-6-11(2)16(12)18-17(19)15-10-13-8-5-9-14(13)20-15/h4,6-7,10H,3,5,8-9H2,1-2H3,(H,18,19). The van der Waals surface area contributed by atoms with E-state index in [0.717, 1.165) is 35.4 Å². The molecule has 1 amide bonds. The van der Waals surface area contributed by atoms with Gasteiger partial charge in [0.25, 0.3) is 5.91 Å². The van der Waals surface area contributed by atoms with Gasteiger partial charge in [-0.2, -0.15) is 0 Å². The van der Waals surface area contributed by atoms with Gasteiger partial charge in [-0.25, -0.2) is 0 Å². The lowest BCUT2D eigenvalue weighted by molar-refractivity contribution is 0.103. The van der Waals surface area contributed by atoms with Crippen molar-refractivity contribution in [2.24, 2.45) is 0 Å². The summed E-state index contributed by atoms with van der Waals surface area (Å²) in [7, 11) is 0. The molecule has 0 saturated heterocycles. The predicted octanol–water partition coefficient (Wildman–Crippen LogP) is 4.36. The van der Waals surface area contributed by atoms with Crippen molar-refractivity contribution in [3.05, 3.63) is 50.7 Å². The lowest BCUT2D eigenvalue weighted by atomic mass is 10.1. The topological polar surface area (TPSA) is 29.1 Å². The van der Waals surface area contributed by atoms with E-state index in [-0.39, 0.29) is 5.91 Å². The largest absolute Gasteiger partial charge is 0.321 e. The summed E-state index contributed by atoms with van der Waals surface area (Å²) in [6.45, 7) is 4.16. The molecule has 1 aliphatic carbocycles. The van der Waals surface area contributed by atoms with Crippen LogP contribution in [0.3, 0.4) is 0 Å². The average molecular weight is 285 g/mol. The Bertz CT molecular complexity index is 636. The van der Waals surface area contributed by atoms with Crippen LogP contribution in [0.25, 0.3) is 0 Å². The molecule has 0 spiro atoms. The SMILES string of the molecule is CCc1cccc(C)c1NC(=O)c1cc2c(s1)CCC2. The zero-order valence-corrected chi connectivity index (χ0v) is 12.8. The number of rotatable bonds is 3. The number of nitrogens with one attached hydrogen (secondary N) is 1. The van der Waals surface area contributed by atoms with Crippen LogP contribution in [0.2, 0.25) is 0 Å². The lowest BCUT2D eigenvalue weighted by Crippen LogP contribution is -2.13. The van der Waals surface area contributed by atoms with Crippen LogP contribution in [-0.2, 0) is 19.3 Å². The highest BCUT2D eigenvalue weighted by Crippen LogP contribution is 2.31. The highest BCUT2D eigenvalue weighted by molar-refractivity contribution is 7.14. The minimum Gasteiger partial charge on any atom is -0.321 e. The minimum atomic E-state index is 0.0356. The van der Waals surface area contributed by atoms with Crippen LogP contribution in [0.5, 0.6) is 0 Å². The first kappa shape index (κ1) is 13.4. The fourth-order valence-corrected chi connectivity index (χ4v) is 3.97. The molecular weight excluding hydrogens is 266 g/mol. The molecule has 1 N–H and O–H groups in total. The molecule has 0 saturated carbocycles. The van der Waals surface area contributed by atoms with Crippen LogP contribution < -0.4 is 5.32 Å². The molecule has 0 aliphatic heterocycles. The third-order valence-corrected chi connectivity index (χ3v) is 5.18. The van der Waals surface area contributed by atoms with Crippen molar-refractivity contribution in [2.45, 2.75) is 39.5 Å². The van der Waals surface area contributed by atoms with Crippen molar-refractivity contribution in [1.29, 1.82) is 0 Å². The minimum absolute atomic E-state index is 0.0356. The average Bonchev–Trinajstić information content (AvgIpc) is 3.01. The third-order valence-electron chi connectivity index (χ3n) is 3.95. The van der Waals surface area contributed by atoms with Gasteiger partial charge in [-0.3, -0.25) is 4.79 Å². The van der Waals surface area contributed by atoms with E-state index in [2.05, 4.69) is 24.4 Å². The number of hydrogen-bond donors (Lipinski definition) is 1. The molecule has 0 radical (unpaired) electrons. The van der Waals surface area contributed by atoms with Gasteiger partial charge >= 0.3 is 0 Å². The Balaban J connectivity index is 1.85. The molecule has 2 nitrogen and oxygen atoms in total. The van der Waals surface area contributed by atoms with E-state index in [1.807, 2.05) is 19.1 Å². The molecule has 104 valence electrons. The zero-order chi connectivity index (χ0) is 14.1. The van der Waals surface area contributed by atoms with Crippen LogP contribution in [-0.4, -0.2) is 5.91 Å². The summed E-state index contributed by atoms with van der Waals surface area (Å²) in [5.74, 6) is 0.0356. The summed E-state index contributed by atoms with van der Waals surface area (Å²) >= 11 is 1.66. The monoisotopic (exact) mass is 285 g/mol. The molecule has 0 atom stereocenters. The summed E-state index contributed by atoms with van der Waals surface area (Å²) in [4.78, 5) is 14.7. The number of thiophene rings is 1. The van der Waals surface area contributed by atoms with Gasteiger partial charge in [0.15, 0.2) is 0 Å². The number of amides is 1. The maximum atomic E-state index is 12.4. The van der Waals surface area contributed by atoms with E-state index in [1.54, 1.807) is 11.3 Å². The van der Waals surface area contributed by atoms with Gasteiger partial charge in [0.05, 0.1) is 4.88 Å². The first-order chi connectivity index (χ1) is 9.69. The number of anilines is 1. The van der Waals surface area contributed by atoms with Crippen LogP contribution in [0.1, 0.15) is 44.6 Å². The molecule has 1 aromatic carbocycles. The Labute approximate surface area is 123 Å². The molecule has 0 fully saturated rings. The first-order valence-corrected chi connectivity index (χ1v) is 8.02. The summed E-state index contributed by atoms with van der Waals surface area (Å²) < 4.78 is 0. The van der Waals surface area contributed by atoms with Crippen LogP contribution in [0.15, 0.2) is 24.3 Å². The maximum absolute atomic E-state index is 12.4. The predicted molar refractivity (Wildman–Crippen MR) is 84.9 cm³/mol. The van der Waals surface area contributed by atoms with E-state index < -0.39 is 0 Å². The van der Waals surface area contributed by atoms with Crippen molar-refractivity contribution < 1.29 is 4.79 Å². The van der Waals surface area contributed by atoms with Gasteiger partial charge in [-0.1, -0.05) is 25.1 Å². The molecule has 1 heterocycles. The molecule has 3 heteroatoms. The Morgan fingerprint density at radius 1 is 1.35 bits per heavy atom. The molecule has 2 aromatic rings. The highest BCUT2D eigenvalue weighted by atomic mass is 32.1. The number of aryl methyl sites for hydroxylation is 4. The summed E-state index contributed by atoms with van der Waals surface area (Å²) in [6.07, 6.45) is 4.43. The molecule has 0 unspecified atom stereocenters. The van der Waals surface area contributed by atoms with E-state index in [0.29, 0.717) is 0 Å². The second-order valence-corrected chi connectivity index (χ2v) is 6.47. The quantitative estimate of drug-likeness (QED) is 0.892. The van der Waals surface area contributed by atoms with Crippen molar-refractivity contribution in [1.82, 2.24) is 0 Å². The van der Waals surface area contributed by atoms with Gasteiger partial charge in [0, 0.05) is 10.6 Å². The van der Waals surface area contributed by atoms with Gasteiger partial charge in [-0.05, 0) is 55.4 Å². The molecule has 20 heavy (non-hydrogen) atoms. The Hall–Kier alpha value is -1.61. The number of fused-ring (bicyclic) bond motifs is 1. The molecule has 1 aliphatic rings. The van der Waals surface area contributed by atoms with Gasteiger partial charge in [0.2, 0.25) is 0 Å². The maximum Gasteiger partial charge on any atom is 0.265 e. The van der Waals surface area contributed by atoms with E-state index in [9.17, 15) is 4.79 Å². The van der Waals surface area contributed by atoms with E-state index in [4.69, 9.17) is 0 Å². The van der Waals surface area contributed by atoms with Crippen LogP contribution in [0.4, 0.5) is 5.69 Å². The number of hydrogen-bond acceptors (Lipinski definition) is 2. The highest BCUT2D eigenvalue weighted by Gasteiger charge is 2.19. The van der Waals surface area contributed by atoms with Gasteiger partial charge < -0.3 is 5.32 Å². The zero-order valence-electron chi connectivity index (χ0n) is 12.0. The van der Waals surface area contributed by atoms with Crippen molar-refractivity contribution in [3.63, 3.8) is 0 Å². The fraction of sp³-hybridized carbons (Fsp3) is 0.353. The number of benzene rings is 1. The Morgan fingerprint density at radius 2 is 2.20 bits per heavy atom. The summed E-state index contributed by atoms with van der Waals surface area (Å²) in [6, 6.07) is 8.25. The van der Waals surface area contributed by atoms with Gasteiger partial charge in [0.1, 0.15) is 0 Å². The Kier molecular flexibility index (Phi) is 3.62. The normalized spacial score (nSPS) is 13.3. The second-order valence-electron chi connectivity index (χ2n) is 5.33. The number of carbonyl (C=O) groups excluding carboxylic acids is 1.